The van der Waals surface area contributed by atoms with E-state index in [4.69, 9.17) is 19.3 Å². The van der Waals surface area contributed by atoms with Crippen LogP contribution in [-0.4, -0.2) is 50.7 Å². The first kappa shape index (κ1) is 27.3. The zero-order valence-corrected chi connectivity index (χ0v) is 17.2. The van der Waals surface area contributed by atoms with Gasteiger partial charge in [0.1, 0.15) is 0 Å². The fraction of sp³-hybridized carbons (Fsp3) is 0.857. The molecule has 5 heteroatoms. The third-order valence-electron chi connectivity index (χ3n) is 3.72. The van der Waals surface area contributed by atoms with Crippen molar-refractivity contribution in [3.05, 3.63) is 12.7 Å². The molecule has 1 N–H and O–H groups in total. The number of unbranched alkanes of at least 4 members (excludes halogenated alkanes) is 9. The van der Waals surface area contributed by atoms with E-state index in [9.17, 15) is 4.79 Å². The molecule has 0 aliphatic rings. The Morgan fingerprint density at radius 2 is 1.35 bits per heavy atom. The van der Waals surface area contributed by atoms with Crippen molar-refractivity contribution < 1.29 is 24.1 Å². The van der Waals surface area contributed by atoms with Gasteiger partial charge in [-0.25, -0.2) is 4.79 Å². The Hall–Kier alpha value is -0.910. The van der Waals surface area contributed by atoms with Crippen molar-refractivity contribution in [2.45, 2.75) is 78.1 Å². The summed E-state index contributed by atoms with van der Waals surface area (Å²) in [4.78, 5) is 10.7. The fourth-order valence-corrected chi connectivity index (χ4v) is 2.25. The molecule has 0 spiro atoms. The molecular weight excluding hydrogens is 332 g/mol. The van der Waals surface area contributed by atoms with Crippen LogP contribution >= 0.6 is 0 Å². The largest absolute Gasteiger partial charge is 0.463 e. The SMILES string of the molecule is C=CC(=O)OCCCCCCCCCCCC.CCOCCOCCO. The minimum atomic E-state index is -0.305. The lowest BCUT2D eigenvalue weighted by Crippen LogP contribution is -2.06. The summed E-state index contributed by atoms with van der Waals surface area (Å²) in [5.74, 6) is -0.305. The van der Waals surface area contributed by atoms with E-state index < -0.39 is 0 Å². The summed E-state index contributed by atoms with van der Waals surface area (Å²) in [6.45, 7) is 10.5. The first-order valence-electron chi connectivity index (χ1n) is 10.3. The molecule has 156 valence electrons. The van der Waals surface area contributed by atoms with E-state index in [0.29, 0.717) is 26.4 Å². The van der Waals surface area contributed by atoms with Crippen molar-refractivity contribution in [2.75, 3.05) is 39.6 Å². The maximum atomic E-state index is 10.7. The summed E-state index contributed by atoms with van der Waals surface area (Å²) >= 11 is 0. The normalized spacial score (nSPS) is 10.1. The smallest absolute Gasteiger partial charge is 0.330 e. The maximum Gasteiger partial charge on any atom is 0.330 e. The highest BCUT2D eigenvalue weighted by Crippen LogP contribution is 2.10. The molecule has 0 heterocycles. The summed E-state index contributed by atoms with van der Waals surface area (Å²) in [6.07, 6.45) is 14.2. The average Bonchev–Trinajstić information content (AvgIpc) is 2.66. The molecule has 0 fully saturated rings. The standard InChI is InChI=1S/C15H28O2.C6H14O3/c1-3-5-6-7-8-9-10-11-12-13-14-17-15(16)4-2;1-2-8-5-6-9-4-3-7/h4H,2-3,5-14H2,1H3;7H,2-6H2,1H3. The number of hydrogen-bond donors (Lipinski definition) is 1. The van der Waals surface area contributed by atoms with E-state index >= 15 is 0 Å². The van der Waals surface area contributed by atoms with E-state index in [1.807, 2.05) is 6.92 Å². The zero-order valence-electron chi connectivity index (χ0n) is 17.2. The van der Waals surface area contributed by atoms with Gasteiger partial charge in [0.25, 0.3) is 0 Å². The highest BCUT2D eigenvalue weighted by molar-refractivity contribution is 5.81. The molecular formula is C21H42O5. The van der Waals surface area contributed by atoms with Crippen LogP contribution in [-0.2, 0) is 19.0 Å². The number of ether oxygens (including phenoxy) is 3. The number of aliphatic hydroxyl groups is 1. The van der Waals surface area contributed by atoms with Crippen LogP contribution < -0.4 is 0 Å². The summed E-state index contributed by atoms with van der Waals surface area (Å²) in [7, 11) is 0. The Morgan fingerprint density at radius 3 is 1.85 bits per heavy atom. The lowest BCUT2D eigenvalue weighted by atomic mass is 10.1. The van der Waals surface area contributed by atoms with Crippen molar-refractivity contribution in [1.82, 2.24) is 0 Å². The number of rotatable bonds is 18. The van der Waals surface area contributed by atoms with Gasteiger partial charge in [0, 0.05) is 12.7 Å². The Kier molecular flexibility index (Phi) is 27.6. The Labute approximate surface area is 161 Å². The second-order valence-electron chi connectivity index (χ2n) is 6.09. The number of aliphatic hydroxyl groups excluding tert-OH is 1. The van der Waals surface area contributed by atoms with E-state index in [0.717, 1.165) is 13.0 Å². The van der Waals surface area contributed by atoms with Gasteiger partial charge in [-0.15, -0.1) is 0 Å². The minimum absolute atomic E-state index is 0.0894. The second kappa shape index (κ2) is 26.3. The second-order valence-corrected chi connectivity index (χ2v) is 6.09. The molecule has 0 aliphatic heterocycles. The average molecular weight is 375 g/mol. The molecule has 0 radical (unpaired) electrons. The number of hydrogen-bond acceptors (Lipinski definition) is 5. The summed E-state index contributed by atoms with van der Waals surface area (Å²) in [5.41, 5.74) is 0. The molecule has 0 bridgehead atoms. The summed E-state index contributed by atoms with van der Waals surface area (Å²) < 4.78 is 14.8. The molecule has 0 aliphatic carbocycles. The van der Waals surface area contributed by atoms with Gasteiger partial charge < -0.3 is 19.3 Å². The number of esters is 1. The third kappa shape index (κ3) is 27.9. The van der Waals surface area contributed by atoms with Crippen LogP contribution in [0.4, 0.5) is 0 Å². The van der Waals surface area contributed by atoms with Gasteiger partial charge in [0.05, 0.1) is 33.0 Å². The Balaban J connectivity index is 0. The van der Waals surface area contributed by atoms with Gasteiger partial charge in [0.2, 0.25) is 0 Å². The van der Waals surface area contributed by atoms with Crippen molar-refractivity contribution in [3.63, 3.8) is 0 Å². The molecule has 26 heavy (non-hydrogen) atoms. The fourth-order valence-electron chi connectivity index (χ4n) is 2.25. The first-order chi connectivity index (χ1) is 12.7. The van der Waals surface area contributed by atoms with Crippen LogP contribution in [0.2, 0.25) is 0 Å². The Bertz CT molecular complexity index is 276. The molecule has 0 atom stereocenters. The molecule has 0 saturated heterocycles. The molecule has 0 unspecified atom stereocenters. The van der Waals surface area contributed by atoms with Gasteiger partial charge in [-0.2, -0.15) is 0 Å². The van der Waals surface area contributed by atoms with Crippen molar-refractivity contribution in [3.8, 4) is 0 Å². The van der Waals surface area contributed by atoms with E-state index in [1.54, 1.807) is 0 Å². The summed E-state index contributed by atoms with van der Waals surface area (Å²) in [6, 6.07) is 0. The third-order valence-corrected chi connectivity index (χ3v) is 3.72. The number of carbonyl (C=O) groups is 1. The van der Waals surface area contributed by atoms with Crippen LogP contribution in [0.25, 0.3) is 0 Å². The molecule has 0 amide bonds. The van der Waals surface area contributed by atoms with E-state index in [2.05, 4.69) is 13.5 Å². The molecule has 0 aromatic heterocycles. The van der Waals surface area contributed by atoms with Crippen LogP contribution in [0.15, 0.2) is 12.7 Å². The monoisotopic (exact) mass is 374 g/mol. The quantitative estimate of drug-likeness (QED) is 0.215. The van der Waals surface area contributed by atoms with Crippen molar-refractivity contribution >= 4 is 5.97 Å². The lowest BCUT2D eigenvalue weighted by molar-refractivity contribution is -0.137. The van der Waals surface area contributed by atoms with Crippen molar-refractivity contribution in [2.24, 2.45) is 0 Å². The predicted octanol–water partition coefficient (Wildman–Crippen LogP) is 4.67. The Morgan fingerprint density at radius 1 is 0.808 bits per heavy atom. The molecule has 0 aromatic carbocycles. The van der Waals surface area contributed by atoms with E-state index in [-0.39, 0.29) is 12.6 Å². The van der Waals surface area contributed by atoms with Crippen LogP contribution in [0.3, 0.4) is 0 Å². The molecule has 0 saturated carbocycles. The highest BCUT2D eigenvalue weighted by atomic mass is 16.5. The topological polar surface area (TPSA) is 65.0 Å². The van der Waals surface area contributed by atoms with E-state index in [1.165, 1.54) is 63.9 Å². The van der Waals surface area contributed by atoms with Gasteiger partial charge >= 0.3 is 5.97 Å². The maximum absolute atomic E-state index is 10.7. The van der Waals surface area contributed by atoms with Crippen LogP contribution in [0, 0.1) is 0 Å². The molecule has 5 nitrogen and oxygen atoms in total. The summed E-state index contributed by atoms with van der Waals surface area (Å²) in [5, 5.41) is 8.26. The van der Waals surface area contributed by atoms with Crippen molar-refractivity contribution in [1.29, 1.82) is 0 Å². The first-order valence-corrected chi connectivity index (χ1v) is 10.3. The zero-order chi connectivity index (χ0) is 19.7. The van der Waals surface area contributed by atoms with Crippen LogP contribution in [0.5, 0.6) is 0 Å². The molecule has 0 aromatic rings. The predicted molar refractivity (Wildman–Crippen MR) is 107 cm³/mol. The van der Waals surface area contributed by atoms with Crippen LogP contribution in [0.1, 0.15) is 78.1 Å². The van der Waals surface area contributed by atoms with Gasteiger partial charge in [-0.3, -0.25) is 0 Å². The lowest BCUT2D eigenvalue weighted by Gasteiger charge is -2.03. The molecule has 0 rings (SSSR count). The minimum Gasteiger partial charge on any atom is -0.463 e. The van der Waals surface area contributed by atoms with Gasteiger partial charge in [0.15, 0.2) is 0 Å². The highest BCUT2D eigenvalue weighted by Gasteiger charge is 1.95. The van der Waals surface area contributed by atoms with Gasteiger partial charge in [-0.05, 0) is 13.3 Å². The van der Waals surface area contributed by atoms with Gasteiger partial charge in [-0.1, -0.05) is 71.3 Å². The number of carbonyl (C=O) groups excluding carboxylic acids is 1.